The summed E-state index contributed by atoms with van der Waals surface area (Å²) in [5.41, 5.74) is 0.865. The highest BCUT2D eigenvalue weighted by Crippen LogP contribution is 2.30. The van der Waals surface area contributed by atoms with E-state index in [4.69, 9.17) is 4.74 Å². The van der Waals surface area contributed by atoms with Crippen LogP contribution in [-0.2, 0) is 4.74 Å². The highest BCUT2D eigenvalue weighted by Gasteiger charge is 2.17. The van der Waals surface area contributed by atoms with Gasteiger partial charge in [0, 0.05) is 18.2 Å². The number of phenols is 1. The van der Waals surface area contributed by atoms with Crippen LogP contribution in [0.15, 0.2) is 22.8 Å². The van der Waals surface area contributed by atoms with Gasteiger partial charge in [-0.05, 0) is 47.3 Å². The lowest BCUT2D eigenvalue weighted by Gasteiger charge is -2.22. The third-order valence-electron chi connectivity index (χ3n) is 3.04. The van der Waals surface area contributed by atoms with Crippen LogP contribution in [-0.4, -0.2) is 21.5 Å². The Morgan fingerprint density at radius 1 is 1.41 bits per heavy atom. The summed E-state index contributed by atoms with van der Waals surface area (Å²) in [7, 11) is 0. The maximum Gasteiger partial charge on any atom is 0.150 e. The van der Waals surface area contributed by atoms with Gasteiger partial charge in [-0.15, -0.1) is 0 Å². The van der Waals surface area contributed by atoms with Gasteiger partial charge in [0.2, 0.25) is 0 Å². The van der Waals surface area contributed by atoms with E-state index in [0.717, 1.165) is 30.4 Å². The highest BCUT2D eigenvalue weighted by molar-refractivity contribution is 9.10. The molecule has 0 radical (unpaired) electrons. The topological polar surface area (TPSA) is 47.3 Å². The zero-order valence-corrected chi connectivity index (χ0v) is 10.9. The van der Waals surface area contributed by atoms with Gasteiger partial charge in [0.15, 0.2) is 0 Å². The van der Waals surface area contributed by atoms with Crippen LogP contribution >= 0.6 is 15.9 Å². The lowest BCUT2D eigenvalue weighted by molar-refractivity contribution is -0.0390. The van der Waals surface area contributed by atoms with Crippen LogP contribution in [0.5, 0.6) is 5.75 Å². The number of hydrogen-bond donors (Lipinski definition) is 1. The molecule has 2 heterocycles. The lowest BCUT2D eigenvalue weighted by Crippen LogP contribution is -2.18. The van der Waals surface area contributed by atoms with Crippen molar-refractivity contribution < 1.29 is 9.84 Å². The molecule has 0 amide bonds. The van der Waals surface area contributed by atoms with Crippen LogP contribution in [0.2, 0.25) is 0 Å². The van der Waals surface area contributed by atoms with E-state index in [2.05, 4.69) is 21.0 Å². The van der Waals surface area contributed by atoms with Crippen molar-refractivity contribution >= 4 is 26.8 Å². The molecule has 0 aliphatic carbocycles. The summed E-state index contributed by atoms with van der Waals surface area (Å²) in [5.74, 6) is 0.238. The molecule has 1 aliphatic rings. The van der Waals surface area contributed by atoms with E-state index in [0.29, 0.717) is 4.47 Å². The first-order valence-electron chi connectivity index (χ1n) is 5.73. The molecule has 2 aromatic rings. The third-order valence-corrected chi connectivity index (χ3v) is 3.68. The Morgan fingerprint density at radius 3 is 3.06 bits per heavy atom. The summed E-state index contributed by atoms with van der Waals surface area (Å²) in [6.07, 6.45) is 5.27. The Balaban J connectivity index is 2.00. The van der Waals surface area contributed by atoms with Gasteiger partial charge in [-0.1, -0.05) is 0 Å². The molecule has 1 aromatic carbocycles. The number of aromatic nitrogens is 2. The Morgan fingerprint density at radius 2 is 2.29 bits per heavy atom. The molecule has 5 heteroatoms. The molecule has 1 atom stereocenters. The fraction of sp³-hybridized carbons (Fsp3) is 0.417. The number of phenolic OH excluding ortho intramolecular Hbond substituents is 1. The summed E-state index contributed by atoms with van der Waals surface area (Å²) >= 11 is 3.29. The van der Waals surface area contributed by atoms with Gasteiger partial charge in [0.25, 0.3) is 0 Å². The van der Waals surface area contributed by atoms with Crippen molar-refractivity contribution in [2.24, 2.45) is 0 Å². The Kier molecular flexibility index (Phi) is 2.80. The van der Waals surface area contributed by atoms with Gasteiger partial charge in [0.05, 0.1) is 9.99 Å². The predicted molar refractivity (Wildman–Crippen MR) is 67.9 cm³/mol. The Labute approximate surface area is 107 Å². The first-order valence-corrected chi connectivity index (χ1v) is 6.52. The van der Waals surface area contributed by atoms with Crippen LogP contribution in [0.25, 0.3) is 10.9 Å². The fourth-order valence-corrected chi connectivity index (χ4v) is 2.46. The monoisotopic (exact) mass is 296 g/mol. The second-order valence-corrected chi connectivity index (χ2v) is 5.15. The minimum absolute atomic E-state index is 0.0390. The van der Waals surface area contributed by atoms with E-state index in [9.17, 15) is 5.11 Å². The zero-order valence-electron chi connectivity index (χ0n) is 9.27. The van der Waals surface area contributed by atoms with E-state index < -0.39 is 0 Å². The molecule has 3 rings (SSSR count). The summed E-state index contributed by atoms with van der Waals surface area (Å²) in [5, 5.41) is 15.0. The average molecular weight is 297 g/mol. The second-order valence-electron chi connectivity index (χ2n) is 4.29. The zero-order chi connectivity index (χ0) is 11.8. The minimum Gasteiger partial charge on any atom is -0.507 e. The maximum absolute atomic E-state index is 9.62. The van der Waals surface area contributed by atoms with Crippen molar-refractivity contribution in [3.8, 4) is 5.75 Å². The van der Waals surface area contributed by atoms with Crippen molar-refractivity contribution in [3.05, 3.63) is 22.8 Å². The molecule has 0 spiro atoms. The molecule has 1 aliphatic heterocycles. The van der Waals surface area contributed by atoms with Gasteiger partial charge < -0.3 is 9.84 Å². The number of ether oxygens (including phenoxy) is 1. The number of hydrogen-bond acceptors (Lipinski definition) is 3. The fourth-order valence-electron chi connectivity index (χ4n) is 2.13. The molecule has 4 nitrogen and oxygen atoms in total. The summed E-state index contributed by atoms with van der Waals surface area (Å²) < 4.78 is 8.20. The van der Waals surface area contributed by atoms with Crippen molar-refractivity contribution in [1.29, 1.82) is 0 Å². The minimum atomic E-state index is 0.0390. The molecule has 1 aromatic heterocycles. The standard InChI is InChI=1S/C12H13BrN2O2/c13-9-6-10-8(5-11(9)16)7-15(14-10)12-3-1-2-4-17-12/h5-7,12,16H,1-4H2/t12-/m0/s1. The summed E-state index contributed by atoms with van der Waals surface area (Å²) in [6, 6.07) is 3.54. The highest BCUT2D eigenvalue weighted by atomic mass is 79.9. The third kappa shape index (κ3) is 2.05. The normalized spacial score (nSPS) is 20.9. The van der Waals surface area contributed by atoms with E-state index in [-0.39, 0.29) is 12.0 Å². The average Bonchev–Trinajstić information content (AvgIpc) is 2.74. The predicted octanol–water partition coefficient (Wildman–Crippen LogP) is 3.20. The van der Waals surface area contributed by atoms with Crippen LogP contribution < -0.4 is 0 Å². The molecule has 1 N–H and O–H groups in total. The van der Waals surface area contributed by atoms with Crippen LogP contribution in [0.4, 0.5) is 0 Å². The number of halogens is 1. The molecule has 17 heavy (non-hydrogen) atoms. The first kappa shape index (κ1) is 11.0. The van der Waals surface area contributed by atoms with Gasteiger partial charge in [0.1, 0.15) is 12.0 Å². The van der Waals surface area contributed by atoms with E-state index >= 15 is 0 Å². The maximum atomic E-state index is 9.62. The van der Waals surface area contributed by atoms with Crippen molar-refractivity contribution in [1.82, 2.24) is 9.78 Å². The number of benzene rings is 1. The van der Waals surface area contributed by atoms with E-state index in [1.54, 1.807) is 6.07 Å². The quantitative estimate of drug-likeness (QED) is 0.879. The smallest absolute Gasteiger partial charge is 0.150 e. The summed E-state index contributed by atoms with van der Waals surface area (Å²) in [4.78, 5) is 0. The van der Waals surface area contributed by atoms with Gasteiger partial charge in [-0.25, -0.2) is 4.68 Å². The number of rotatable bonds is 1. The Bertz CT molecular complexity index is 508. The first-order chi connectivity index (χ1) is 8.24. The van der Waals surface area contributed by atoms with E-state index in [1.807, 2.05) is 16.9 Å². The lowest BCUT2D eigenvalue weighted by atomic mass is 10.2. The number of nitrogens with zero attached hydrogens (tertiary/aromatic N) is 2. The number of fused-ring (bicyclic) bond motifs is 1. The van der Waals surface area contributed by atoms with Gasteiger partial charge in [-0.3, -0.25) is 0 Å². The second kappa shape index (κ2) is 4.31. The van der Waals surface area contributed by atoms with Gasteiger partial charge >= 0.3 is 0 Å². The van der Waals surface area contributed by atoms with Crippen LogP contribution in [0.3, 0.4) is 0 Å². The van der Waals surface area contributed by atoms with E-state index in [1.165, 1.54) is 6.42 Å². The van der Waals surface area contributed by atoms with Crippen LogP contribution in [0.1, 0.15) is 25.5 Å². The Hall–Kier alpha value is -1.07. The molecule has 1 saturated heterocycles. The largest absolute Gasteiger partial charge is 0.507 e. The SMILES string of the molecule is Oc1cc2cn([C@@H]3CCCCO3)nc2cc1Br. The molecular weight excluding hydrogens is 284 g/mol. The van der Waals surface area contributed by atoms with Crippen molar-refractivity contribution in [2.45, 2.75) is 25.5 Å². The molecule has 90 valence electrons. The molecule has 0 saturated carbocycles. The summed E-state index contributed by atoms with van der Waals surface area (Å²) in [6.45, 7) is 0.801. The van der Waals surface area contributed by atoms with Crippen molar-refractivity contribution in [2.75, 3.05) is 6.61 Å². The molecule has 0 unspecified atom stereocenters. The van der Waals surface area contributed by atoms with Crippen molar-refractivity contribution in [3.63, 3.8) is 0 Å². The molecular formula is C12H13BrN2O2. The van der Waals surface area contributed by atoms with Crippen LogP contribution in [0, 0.1) is 0 Å². The number of aromatic hydroxyl groups is 1. The molecule has 1 fully saturated rings. The molecule has 0 bridgehead atoms. The van der Waals surface area contributed by atoms with Gasteiger partial charge in [-0.2, -0.15) is 5.10 Å².